The lowest BCUT2D eigenvalue weighted by molar-refractivity contribution is 0.247. The van der Waals surface area contributed by atoms with Crippen LogP contribution in [0.25, 0.3) is 11.1 Å². The first-order valence-corrected chi connectivity index (χ1v) is 7.68. The molecule has 0 atom stereocenters. The normalized spacial score (nSPS) is 14.0. The summed E-state index contributed by atoms with van der Waals surface area (Å²) in [5.41, 5.74) is 6.63. The van der Waals surface area contributed by atoms with Crippen molar-refractivity contribution >= 4 is 0 Å². The molecule has 0 saturated heterocycles. The fraction of sp³-hybridized carbons (Fsp3) is 0.150. The number of hydrogen-bond acceptors (Lipinski definition) is 2. The van der Waals surface area contributed by atoms with Crippen LogP contribution < -0.4 is 0 Å². The summed E-state index contributed by atoms with van der Waals surface area (Å²) in [6.45, 7) is 2.80. The van der Waals surface area contributed by atoms with Crippen LogP contribution in [0.3, 0.4) is 0 Å². The van der Waals surface area contributed by atoms with Gasteiger partial charge in [0.05, 0.1) is 5.69 Å². The van der Waals surface area contributed by atoms with Crippen LogP contribution in [0.4, 0.5) is 0 Å². The van der Waals surface area contributed by atoms with Crippen LogP contribution >= 0.6 is 0 Å². The summed E-state index contributed by atoms with van der Waals surface area (Å²) in [5.74, 6) is 0. The fourth-order valence-electron chi connectivity index (χ4n) is 3.21. The van der Waals surface area contributed by atoms with Gasteiger partial charge in [0.25, 0.3) is 0 Å². The Balaban J connectivity index is 1.74. The summed E-state index contributed by atoms with van der Waals surface area (Å²) in [7, 11) is 0. The highest BCUT2D eigenvalue weighted by Crippen LogP contribution is 2.32. The minimum absolute atomic E-state index is 0.878. The summed E-state index contributed by atoms with van der Waals surface area (Å²) in [6, 6.07) is 23.6. The molecule has 0 spiro atoms. The van der Waals surface area contributed by atoms with E-state index in [1.165, 1.54) is 22.3 Å². The van der Waals surface area contributed by atoms with E-state index in [0.717, 1.165) is 25.3 Å². The summed E-state index contributed by atoms with van der Waals surface area (Å²) in [4.78, 5) is 6.94. The van der Waals surface area contributed by atoms with Crippen LogP contribution in [0.2, 0.25) is 0 Å². The molecule has 0 radical (unpaired) electrons. The van der Waals surface area contributed by atoms with E-state index < -0.39 is 0 Å². The molecule has 108 valence electrons. The van der Waals surface area contributed by atoms with Crippen molar-refractivity contribution in [1.29, 1.82) is 0 Å². The average Bonchev–Trinajstić information content (AvgIpc) is 2.72. The number of aromatic nitrogens is 1. The Labute approximate surface area is 131 Å². The summed E-state index contributed by atoms with van der Waals surface area (Å²) >= 11 is 0. The quantitative estimate of drug-likeness (QED) is 0.699. The van der Waals surface area contributed by atoms with Gasteiger partial charge < -0.3 is 0 Å². The van der Waals surface area contributed by atoms with Crippen molar-refractivity contribution in [2.75, 3.05) is 0 Å². The summed E-state index contributed by atoms with van der Waals surface area (Å²) < 4.78 is 0. The van der Waals surface area contributed by atoms with Gasteiger partial charge in [0.15, 0.2) is 0 Å². The third kappa shape index (κ3) is 2.53. The second-order valence-corrected chi connectivity index (χ2v) is 5.78. The van der Waals surface area contributed by atoms with Gasteiger partial charge in [-0.3, -0.25) is 9.88 Å². The number of hydrogen-bond donors (Lipinski definition) is 0. The Morgan fingerprint density at radius 2 is 1.32 bits per heavy atom. The maximum Gasteiger partial charge on any atom is 0.0544 e. The number of rotatable bonds is 2. The molecule has 0 saturated carbocycles. The van der Waals surface area contributed by atoms with E-state index in [0.29, 0.717) is 0 Å². The van der Waals surface area contributed by atoms with Gasteiger partial charge in [0, 0.05) is 25.8 Å². The maximum atomic E-state index is 4.47. The number of pyridine rings is 1. The predicted molar refractivity (Wildman–Crippen MR) is 89.1 cm³/mol. The van der Waals surface area contributed by atoms with Gasteiger partial charge in [-0.1, -0.05) is 54.6 Å². The molecule has 0 bridgehead atoms. The molecule has 0 amide bonds. The lowest BCUT2D eigenvalue weighted by Crippen LogP contribution is -2.21. The largest absolute Gasteiger partial charge is 0.289 e. The molecule has 0 unspecified atom stereocenters. The van der Waals surface area contributed by atoms with Crippen LogP contribution in [0.5, 0.6) is 0 Å². The van der Waals surface area contributed by atoms with E-state index in [1.54, 1.807) is 0 Å². The number of benzene rings is 2. The maximum absolute atomic E-state index is 4.47. The molecule has 2 heteroatoms. The van der Waals surface area contributed by atoms with Crippen molar-refractivity contribution in [2.24, 2.45) is 0 Å². The highest BCUT2D eigenvalue weighted by Gasteiger charge is 2.18. The molecule has 3 aromatic rings. The van der Waals surface area contributed by atoms with Crippen molar-refractivity contribution in [3.63, 3.8) is 0 Å². The smallest absolute Gasteiger partial charge is 0.0544 e. The molecule has 4 rings (SSSR count). The monoisotopic (exact) mass is 286 g/mol. The van der Waals surface area contributed by atoms with E-state index in [2.05, 4.69) is 70.5 Å². The zero-order chi connectivity index (χ0) is 14.8. The van der Waals surface area contributed by atoms with E-state index in [1.807, 2.05) is 12.3 Å². The lowest BCUT2D eigenvalue weighted by atomic mass is 9.97. The van der Waals surface area contributed by atoms with E-state index in [9.17, 15) is 0 Å². The van der Waals surface area contributed by atoms with Crippen LogP contribution in [0.15, 0.2) is 72.9 Å². The molecular weight excluding hydrogens is 268 g/mol. The number of nitrogens with zero attached hydrogens (tertiary/aromatic N) is 2. The fourth-order valence-corrected chi connectivity index (χ4v) is 3.21. The first-order chi connectivity index (χ1) is 10.9. The van der Waals surface area contributed by atoms with Gasteiger partial charge in [0.1, 0.15) is 0 Å². The molecule has 2 heterocycles. The van der Waals surface area contributed by atoms with E-state index >= 15 is 0 Å². The SMILES string of the molecule is c1ccc(CN2Cc3ccccc3-c3ccccc3C2)nc1. The Hall–Kier alpha value is -2.45. The number of fused-ring (bicyclic) bond motifs is 3. The van der Waals surface area contributed by atoms with Gasteiger partial charge >= 0.3 is 0 Å². The first kappa shape index (κ1) is 13.2. The van der Waals surface area contributed by atoms with Crippen molar-refractivity contribution in [3.05, 3.63) is 89.7 Å². The minimum atomic E-state index is 0.878. The molecule has 0 aliphatic carbocycles. The second-order valence-electron chi connectivity index (χ2n) is 5.78. The predicted octanol–water partition coefficient (Wildman–Crippen LogP) is 4.26. The highest BCUT2D eigenvalue weighted by molar-refractivity contribution is 5.71. The standard InChI is InChI=1S/C20H18N2/c1-3-10-19-16(7-1)13-22(15-18-9-5-6-12-21-18)14-17-8-2-4-11-20(17)19/h1-12H,13-15H2. The van der Waals surface area contributed by atoms with Gasteiger partial charge in [-0.05, 0) is 34.4 Å². The molecule has 2 nitrogen and oxygen atoms in total. The first-order valence-electron chi connectivity index (χ1n) is 7.68. The third-order valence-electron chi connectivity index (χ3n) is 4.22. The molecule has 2 aromatic carbocycles. The third-order valence-corrected chi connectivity index (χ3v) is 4.22. The Kier molecular flexibility index (Phi) is 3.45. The minimum Gasteiger partial charge on any atom is -0.289 e. The van der Waals surface area contributed by atoms with Crippen molar-refractivity contribution in [2.45, 2.75) is 19.6 Å². The van der Waals surface area contributed by atoms with Crippen molar-refractivity contribution < 1.29 is 0 Å². The lowest BCUT2D eigenvalue weighted by Gasteiger charge is -2.20. The molecular formula is C20H18N2. The second kappa shape index (κ2) is 5.74. The van der Waals surface area contributed by atoms with E-state index in [-0.39, 0.29) is 0 Å². The molecule has 0 fully saturated rings. The van der Waals surface area contributed by atoms with Gasteiger partial charge in [0.2, 0.25) is 0 Å². The molecule has 22 heavy (non-hydrogen) atoms. The Morgan fingerprint density at radius 1 is 0.727 bits per heavy atom. The van der Waals surface area contributed by atoms with E-state index in [4.69, 9.17) is 0 Å². The van der Waals surface area contributed by atoms with Gasteiger partial charge in [-0.25, -0.2) is 0 Å². The van der Waals surface area contributed by atoms with Gasteiger partial charge in [-0.15, -0.1) is 0 Å². The summed E-state index contributed by atoms with van der Waals surface area (Å²) in [6.07, 6.45) is 1.87. The van der Waals surface area contributed by atoms with Crippen LogP contribution in [-0.4, -0.2) is 9.88 Å². The topological polar surface area (TPSA) is 16.1 Å². The van der Waals surface area contributed by atoms with Crippen molar-refractivity contribution in [1.82, 2.24) is 9.88 Å². The Morgan fingerprint density at radius 3 is 1.91 bits per heavy atom. The van der Waals surface area contributed by atoms with Crippen molar-refractivity contribution in [3.8, 4) is 11.1 Å². The molecule has 1 aliphatic rings. The average molecular weight is 286 g/mol. The van der Waals surface area contributed by atoms with Crippen LogP contribution in [0.1, 0.15) is 16.8 Å². The Bertz CT molecular complexity index is 733. The molecule has 0 N–H and O–H groups in total. The highest BCUT2D eigenvalue weighted by atomic mass is 15.1. The molecule has 1 aromatic heterocycles. The summed E-state index contributed by atoms with van der Waals surface area (Å²) in [5, 5.41) is 0. The zero-order valence-electron chi connectivity index (χ0n) is 12.4. The zero-order valence-corrected chi connectivity index (χ0v) is 12.4. The molecule has 1 aliphatic heterocycles. The van der Waals surface area contributed by atoms with Crippen LogP contribution in [0, 0.1) is 0 Å². The van der Waals surface area contributed by atoms with Gasteiger partial charge in [-0.2, -0.15) is 0 Å². The van der Waals surface area contributed by atoms with Crippen LogP contribution in [-0.2, 0) is 19.6 Å².